The quantitative estimate of drug-likeness (QED) is 0.865. The number of amides is 2. The van der Waals surface area contributed by atoms with Gasteiger partial charge in [-0.15, -0.1) is 0 Å². The molecule has 146 valence electrons. The summed E-state index contributed by atoms with van der Waals surface area (Å²) in [4.78, 5) is 28.6. The second-order valence-electron chi connectivity index (χ2n) is 7.84. The molecule has 0 saturated carbocycles. The van der Waals surface area contributed by atoms with E-state index in [-0.39, 0.29) is 17.9 Å². The Kier molecular flexibility index (Phi) is 6.49. The average Bonchev–Trinajstić information content (AvgIpc) is 2.93. The highest BCUT2D eigenvalue weighted by atomic mass is 32.1. The van der Waals surface area contributed by atoms with E-state index in [0.29, 0.717) is 18.7 Å². The van der Waals surface area contributed by atoms with Crippen LogP contribution in [-0.2, 0) is 4.74 Å². The molecule has 1 aromatic rings. The summed E-state index contributed by atoms with van der Waals surface area (Å²) in [5, 5.41) is 3.86. The van der Waals surface area contributed by atoms with Crippen molar-refractivity contribution in [2.75, 3.05) is 39.0 Å². The van der Waals surface area contributed by atoms with Gasteiger partial charge in [-0.25, -0.2) is 4.79 Å². The second kappa shape index (κ2) is 8.24. The number of piperidine rings is 1. The van der Waals surface area contributed by atoms with Gasteiger partial charge in [0.05, 0.1) is 11.3 Å². The van der Waals surface area contributed by atoms with E-state index in [4.69, 9.17) is 4.74 Å². The van der Waals surface area contributed by atoms with Gasteiger partial charge in [0.1, 0.15) is 10.6 Å². The van der Waals surface area contributed by atoms with Crippen LogP contribution < -0.4 is 5.32 Å². The summed E-state index contributed by atoms with van der Waals surface area (Å²) in [6.07, 6.45) is 1.61. The lowest BCUT2D eigenvalue weighted by molar-refractivity contribution is 0.0244. The van der Waals surface area contributed by atoms with Crippen LogP contribution in [0.1, 0.15) is 49.7 Å². The molecular formula is C18H30N4O3S. The number of anilines is 1. The Morgan fingerprint density at radius 2 is 2.12 bits per heavy atom. The van der Waals surface area contributed by atoms with Crippen molar-refractivity contribution in [1.82, 2.24) is 14.2 Å². The summed E-state index contributed by atoms with van der Waals surface area (Å²) in [5.74, 6) is 0.264. The monoisotopic (exact) mass is 382 g/mol. The summed E-state index contributed by atoms with van der Waals surface area (Å²) in [7, 11) is 3.55. The highest BCUT2D eigenvalue weighted by molar-refractivity contribution is 7.10. The van der Waals surface area contributed by atoms with Gasteiger partial charge < -0.3 is 19.9 Å². The Hall–Kier alpha value is -1.83. The number of ether oxygens (including phenoxy) is 1. The molecule has 1 unspecified atom stereocenters. The average molecular weight is 383 g/mol. The van der Waals surface area contributed by atoms with Crippen LogP contribution >= 0.6 is 11.5 Å². The van der Waals surface area contributed by atoms with Crippen molar-refractivity contribution in [1.29, 1.82) is 0 Å². The van der Waals surface area contributed by atoms with Gasteiger partial charge in [-0.3, -0.25) is 4.79 Å². The third-order valence-corrected chi connectivity index (χ3v) is 5.30. The Morgan fingerprint density at radius 3 is 2.73 bits per heavy atom. The number of aromatic nitrogens is 1. The van der Waals surface area contributed by atoms with E-state index in [1.807, 2.05) is 32.6 Å². The predicted octanol–water partition coefficient (Wildman–Crippen LogP) is 3.21. The fourth-order valence-corrected chi connectivity index (χ4v) is 3.89. The third kappa shape index (κ3) is 5.09. The Bertz CT molecular complexity index is 653. The van der Waals surface area contributed by atoms with Gasteiger partial charge in [-0.1, -0.05) is 0 Å². The first-order valence-electron chi connectivity index (χ1n) is 8.99. The van der Waals surface area contributed by atoms with Gasteiger partial charge in [0.2, 0.25) is 0 Å². The Balaban J connectivity index is 1.99. The molecule has 8 heteroatoms. The number of nitrogens with zero attached hydrogens (tertiary/aromatic N) is 3. The largest absolute Gasteiger partial charge is 0.444 e. The number of nitrogens with one attached hydrogen (secondary N) is 1. The maximum Gasteiger partial charge on any atom is 0.410 e. The SMILES string of the molecule is CNc1snc(C)c1C(=O)N1CCCC(CN(C)C(=O)OC(C)(C)C)C1. The fraction of sp³-hybridized carbons (Fsp3) is 0.722. The maximum atomic E-state index is 13.0. The molecule has 26 heavy (non-hydrogen) atoms. The molecule has 2 rings (SSSR count). The normalized spacial score (nSPS) is 17.8. The molecule has 1 saturated heterocycles. The number of rotatable bonds is 4. The van der Waals surface area contributed by atoms with Gasteiger partial charge in [0.25, 0.3) is 5.91 Å². The molecule has 0 aliphatic carbocycles. The number of aryl methyl sites for hydroxylation is 1. The molecule has 1 aromatic heterocycles. The van der Waals surface area contributed by atoms with Gasteiger partial charge in [-0.05, 0) is 58.0 Å². The van der Waals surface area contributed by atoms with Crippen molar-refractivity contribution in [3.63, 3.8) is 0 Å². The lowest BCUT2D eigenvalue weighted by Crippen LogP contribution is -2.45. The summed E-state index contributed by atoms with van der Waals surface area (Å²) in [6, 6.07) is 0. The van der Waals surface area contributed by atoms with E-state index in [1.54, 1.807) is 19.0 Å². The van der Waals surface area contributed by atoms with Crippen molar-refractivity contribution >= 4 is 28.5 Å². The van der Waals surface area contributed by atoms with Crippen molar-refractivity contribution < 1.29 is 14.3 Å². The number of carbonyl (C=O) groups excluding carboxylic acids is 2. The molecular weight excluding hydrogens is 352 g/mol. The Labute approximate surface area is 159 Å². The second-order valence-corrected chi connectivity index (χ2v) is 8.62. The summed E-state index contributed by atoms with van der Waals surface area (Å²) >= 11 is 1.31. The molecule has 1 fully saturated rings. The molecule has 1 N–H and O–H groups in total. The zero-order chi connectivity index (χ0) is 19.5. The van der Waals surface area contributed by atoms with E-state index < -0.39 is 5.60 Å². The lowest BCUT2D eigenvalue weighted by atomic mass is 9.97. The van der Waals surface area contributed by atoms with Gasteiger partial charge >= 0.3 is 6.09 Å². The number of likely N-dealkylation sites (tertiary alicyclic amines) is 1. The third-order valence-electron chi connectivity index (χ3n) is 4.35. The van der Waals surface area contributed by atoms with E-state index in [0.717, 1.165) is 30.1 Å². The first kappa shape index (κ1) is 20.5. The first-order chi connectivity index (χ1) is 12.1. The van der Waals surface area contributed by atoms with Crippen LogP contribution in [0.4, 0.5) is 9.80 Å². The van der Waals surface area contributed by atoms with Crippen LogP contribution in [0.5, 0.6) is 0 Å². The lowest BCUT2D eigenvalue weighted by Gasteiger charge is -2.35. The van der Waals surface area contributed by atoms with Crippen molar-refractivity contribution in [2.24, 2.45) is 5.92 Å². The fourth-order valence-electron chi connectivity index (χ4n) is 3.15. The van der Waals surface area contributed by atoms with Crippen molar-refractivity contribution in [3.05, 3.63) is 11.3 Å². The summed E-state index contributed by atoms with van der Waals surface area (Å²) < 4.78 is 9.70. The highest BCUT2D eigenvalue weighted by Gasteiger charge is 2.30. The molecule has 7 nitrogen and oxygen atoms in total. The van der Waals surface area contributed by atoms with Crippen LogP contribution in [0.25, 0.3) is 0 Å². The molecule has 2 heterocycles. The molecule has 2 amide bonds. The van der Waals surface area contributed by atoms with Gasteiger partial charge in [-0.2, -0.15) is 4.37 Å². The minimum Gasteiger partial charge on any atom is -0.444 e. The molecule has 1 atom stereocenters. The van der Waals surface area contributed by atoms with Crippen LogP contribution in [0.15, 0.2) is 0 Å². The molecule has 0 bridgehead atoms. The molecule has 0 spiro atoms. The van der Waals surface area contributed by atoms with Crippen molar-refractivity contribution in [3.8, 4) is 0 Å². The van der Waals surface area contributed by atoms with Crippen molar-refractivity contribution in [2.45, 2.75) is 46.1 Å². The van der Waals surface area contributed by atoms with E-state index in [2.05, 4.69) is 9.69 Å². The standard InChI is InChI=1S/C18H30N4O3S/c1-12-14(15(19-5)26-20-12)16(23)22-9-7-8-13(11-22)10-21(6)17(24)25-18(2,3)4/h13,19H,7-11H2,1-6H3. The maximum absolute atomic E-state index is 13.0. The number of hydrogen-bond donors (Lipinski definition) is 1. The zero-order valence-electron chi connectivity index (χ0n) is 16.6. The van der Waals surface area contributed by atoms with E-state index in [9.17, 15) is 9.59 Å². The topological polar surface area (TPSA) is 74.8 Å². The first-order valence-corrected chi connectivity index (χ1v) is 9.77. The van der Waals surface area contributed by atoms with Crippen LogP contribution in [0, 0.1) is 12.8 Å². The predicted molar refractivity (Wildman–Crippen MR) is 104 cm³/mol. The van der Waals surface area contributed by atoms with Crippen LogP contribution in [0.3, 0.4) is 0 Å². The van der Waals surface area contributed by atoms with Gasteiger partial charge in [0.15, 0.2) is 0 Å². The summed E-state index contributed by atoms with van der Waals surface area (Å²) in [6.45, 7) is 9.40. The molecule has 1 aliphatic heterocycles. The summed E-state index contributed by atoms with van der Waals surface area (Å²) in [5.41, 5.74) is 0.920. The molecule has 1 aliphatic rings. The van der Waals surface area contributed by atoms with Crippen LogP contribution in [0.2, 0.25) is 0 Å². The zero-order valence-corrected chi connectivity index (χ0v) is 17.4. The Morgan fingerprint density at radius 1 is 1.42 bits per heavy atom. The smallest absolute Gasteiger partial charge is 0.410 e. The number of carbonyl (C=O) groups is 2. The minimum absolute atomic E-state index is 0.0187. The molecule has 0 radical (unpaired) electrons. The van der Waals surface area contributed by atoms with Crippen LogP contribution in [-0.4, -0.2) is 65.5 Å². The van der Waals surface area contributed by atoms with E-state index in [1.165, 1.54) is 11.5 Å². The van der Waals surface area contributed by atoms with E-state index >= 15 is 0 Å². The highest BCUT2D eigenvalue weighted by Crippen LogP contribution is 2.27. The van der Waals surface area contributed by atoms with Gasteiger partial charge in [0, 0.05) is 33.7 Å². The molecule has 0 aromatic carbocycles. The minimum atomic E-state index is -0.507. The number of hydrogen-bond acceptors (Lipinski definition) is 6.